The van der Waals surface area contributed by atoms with E-state index in [1.54, 1.807) is 6.92 Å². The third kappa shape index (κ3) is 4.04. The number of hydrogen-bond donors (Lipinski definition) is 3. The average Bonchev–Trinajstić information content (AvgIpc) is 2.25. The van der Waals surface area contributed by atoms with Crippen molar-refractivity contribution in [2.75, 3.05) is 11.9 Å². The highest BCUT2D eigenvalue weighted by Crippen LogP contribution is 2.13. The van der Waals surface area contributed by atoms with Crippen molar-refractivity contribution in [2.24, 2.45) is 11.1 Å². The van der Waals surface area contributed by atoms with Crippen molar-refractivity contribution in [3.8, 4) is 0 Å². The van der Waals surface area contributed by atoms with Crippen LogP contribution in [0.25, 0.3) is 0 Å². The van der Waals surface area contributed by atoms with Crippen molar-refractivity contribution in [3.05, 3.63) is 24.3 Å². The summed E-state index contributed by atoms with van der Waals surface area (Å²) in [4.78, 5) is 10.6. The predicted molar refractivity (Wildman–Crippen MR) is 63.1 cm³/mol. The van der Waals surface area contributed by atoms with Crippen LogP contribution in [0.15, 0.2) is 29.2 Å². The second-order valence-electron chi connectivity index (χ2n) is 3.69. The summed E-state index contributed by atoms with van der Waals surface area (Å²) in [6.45, 7) is 1.85. The maximum Gasteiger partial charge on any atom is 0.308 e. The molecule has 0 aliphatic heterocycles. The molecule has 0 saturated heterocycles. The topological polar surface area (TPSA) is 109 Å². The number of nitrogens with one attached hydrogen (secondary N) is 1. The van der Waals surface area contributed by atoms with Crippen LogP contribution in [0, 0.1) is 5.92 Å². The molecule has 6 nitrogen and oxygen atoms in total. The van der Waals surface area contributed by atoms with Crippen LogP contribution in [-0.4, -0.2) is 26.0 Å². The van der Waals surface area contributed by atoms with Gasteiger partial charge in [-0.3, -0.25) is 4.79 Å². The van der Waals surface area contributed by atoms with Crippen molar-refractivity contribution in [3.63, 3.8) is 0 Å². The van der Waals surface area contributed by atoms with Crippen LogP contribution in [0.4, 0.5) is 5.69 Å². The van der Waals surface area contributed by atoms with Gasteiger partial charge in [-0.2, -0.15) is 0 Å². The summed E-state index contributed by atoms with van der Waals surface area (Å²) in [6.07, 6.45) is 0. The molecule has 94 valence electrons. The first-order valence-electron chi connectivity index (χ1n) is 4.90. The fourth-order valence-corrected chi connectivity index (χ4v) is 1.64. The molecule has 1 aromatic carbocycles. The Labute approximate surface area is 99.5 Å². The van der Waals surface area contributed by atoms with E-state index in [1.807, 2.05) is 0 Å². The first kappa shape index (κ1) is 13.5. The highest BCUT2D eigenvalue weighted by atomic mass is 32.2. The second kappa shape index (κ2) is 5.15. The molecule has 1 aromatic rings. The Morgan fingerprint density at radius 3 is 2.35 bits per heavy atom. The second-order valence-corrected chi connectivity index (χ2v) is 5.25. The zero-order chi connectivity index (χ0) is 13.1. The molecule has 0 bridgehead atoms. The van der Waals surface area contributed by atoms with Crippen molar-refractivity contribution in [2.45, 2.75) is 11.8 Å². The standard InChI is InChI=1S/C10H14N2O4S/c1-7(10(13)14)6-12-8-2-4-9(5-3-8)17(11,15)16/h2-5,7,12H,6H2,1H3,(H,13,14)(H2,11,15,16). The molecule has 4 N–H and O–H groups in total. The quantitative estimate of drug-likeness (QED) is 0.711. The molecular weight excluding hydrogens is 244 g/mol. The maximum absolute atomic E-state index is 11.0. The van der Waals surface area contributed by atoms with Crippen molar-refractivity contribution in [1.82, 2.24) is 0 Å². The third-order valence-corrected chi connectivity index (χ3v) is 3.15. The number of rotatable bonds is 5. The molecule has 17 heavy (non-hydrogen) atoms. The number of carboxylic acid groups (broad SMARTS) is 1. The van der Waals surface area contributed by atoms with Gasteiger partial charge in [0.05, 0.1) is 10.8 Å². The molecule has 0 fully saturated rings. The van der Waals surface area contributed by atoms with Crippen molar-refractivity contribution in [1.29, 1.82) is 0 Å². The van der Waals surface area contributed by atoms with E-state index >= 15 is 0 Å². The average molecular weight is 258 g/mol. The van der Waals surface area contributed by atoms with Crippen LogP contribution < -0.4 is 10.5 Å². The molecule has 0 aliphatic rings. The monoisotopic (exact) mass is 258 g/mol. The minimum Gasteiger partial charge on any atom is -0.481 e. The first-order chi connectivity index (χ1) is 7.80. The number of carboxylic acids is 1. The predicted octanol–water partition coefficient (Wildman–Crippen LogP) is 0.467. The lowest BCUT2D eigenvalue weighted by atomic mass is 10.2. The summed E-state index contributed by atoms with van der Waals surface area (Å²) in [5, 5.41) is 16.5. The summed E-state index contributed by atoms with van der Waals surface area (Å²) in [5.41, 5.74) is 0.644. The van der Waals surface area contributed by atoms with E-state index in [0.29, 0.717) is 5.69 Å². The minimum atomic E-state index is -3.69. The summed E-state index contributed by atoms with van der Waals surface area (Å²) in [5.74, 6) is -1.41. The van der Waals surface area contributed by atoms with E-state index < -0.39 is 21.9 Å². The smallest absolute Gasteiger partial charge is 0.308 e. The minimum absolute atomic E-state index is 0.0225. The fourth-order valence-electron chi connectivity index (χ4n) is 1.12. The van der Waals surface area contributed by atoms with E-state index in [-0.39, 0.29) is 11.4 Å². The van der Waals surface area contributed by atoms with E-state index in [9.17, 15) is 13.2 Å². The third-order valence-electron chi connectivity index (χ3n) is 2.22. The van der Waals surface area contributed by atoms with Crippen molar-refractivity contribution < 1.29 is 18.3 Å². The Morgan fingerprint density at radius 1 is 1.41 bits per heavy atom. The summed E-state index contributed by atoms with van der Waals surface area (Å²) < 4.78 is 22.0. The molecule has 0 saturated carbocycles. The summed E-state index contributed by atoms with van der Waals surface area (Å²) in [7, 11) is -3.69. The van der Waals surface area contributed by atoms with Gasteiger partial charge in [0.2, 0.25) is 10.0 Å². The van der Waals surface area contributed by atoms with Gasteiger partial charge in [-0.1, -0.05) is 6.92 Å². The number of aliphatic carboxylic acids is 1. The van der Waals surface area contributed by atoms with E-state index in [0.717, 1.165) is 0 Å². The molecule has 0 aromatic heterocycles. The highest BCUT2D eigenvalue weighted by molar-refractivity contribution is 7.89. The molecule has 7 heteroatoms. The zero-order valence-electron chi connectivity index (χ0n) is 9.25. The molecular formula is C10H14N2O4S. The van der Waals surface area contributed by atoms with Gasteiger partial charge in [-0.15, -0.1) is 0 Å². The van der Waals surface area contributed by atoms with Crippen LogP contribution >= 0.6 is 0 Å². The lowest BCUT2D eigenvalue weighted by Gasteiger charge is -2.09. The van der Waals surface area contributed by atoms with Gasteiger partial charge in [0.1, 0.15) is 0 Å². The summed E-state index contributed by atoms with van der Waals surface area (Å²) >= 11 is 0. The molecule has 0 amide bonds. The number of carbonyl (C=O) groups is 1. The molecule has 1 unspecified atom stereocenters. The number of anilines is 1. The zero-order valence-corrected chi connectivity index (χ0v) is 10.1. The first-order valence-corrected chi connectivity index (χ1v) is 6.45. The SMILES string of the molecule is CC(CNc1ccc(S(N)(=O)=O)cc1)C(=O)O. The molecule has 1 atom stereocenters. The Balaban J connectivity index is 2.67. The number of nitrogens with two attached hydrogens (primary N) is 1. The lowest BCUT2D eigenvalue weighted by Crippen LogP contribution is -2.19. The molecule has 0 radical (unpaired) electrons. The Kier molecular flexibility index (Phi) is 4.08. The number of benzene rings is 1. The van der Waals surface area contributed by atoms with Gasteiger partial charge in [-0.05, 0) is 24.3 Å². The number of hydrogen-bond acceptors (Lipinski definition) is 4. The van der Waals surface area contributed by atoms with Gasteiger partial charge in [0.25, 0.3) is 0 Å². The molecule has 0 spiro atoms. The van der Waals surface area contributed by atoms with E-state index in [1.165, 1.54) is 24.3 Å². The van der Waals surface area contributed by atoms with Gasteiger partial charge >= 0.3 is 5.97 Å². The highest BCUT2D eigenvalue weighted by Gasteiger charge is 2.10. The summed E-state index contributed by atoms with van der Waals surface area (Å²) in [6, 6.07) is 5.80. The molecule has 0 heterocycles. The fraction of sp³-hybridized carbons (Fsp3) is 0.300. The van der Waals surface area contributed by atoms with Crippen LogP contribution in [0.3, 0.4) is 0 Å². The van der Waals surface area contributed by atoms with Crippen LogP contribution in [0.2, 0.25) is 0 Å². The van der Waals surface area contributed by atoms with Crippen LogP contribution in [-0.2, 0) is 14.8 Å². The normalized spacial score (nSPS) is 13.1. The maximum atomic E-state index is 11.0. The van der Waals surface area contributed by atoms with E-state index in [2.05, 4.69) is 5.32 Å². The Bertz CT molecular complexity index is 496. The number of sulfonamides is 1. The Hall–Kier alpha value is -1.60. The van der Waals surface area contributed by atoms with Crippen LogP contribution in [0.1, 0.15) is 6.92 Å². The largest absolute Gasteiger partial charge is 0.481 e. The van der Waals surface area contributed by atoms with Gasteiger partial charge in [0, 0.05) is 12.2 Å². The number of primary sulfonamides is 1. The molecule has 1 rings (SSSR count). The van der Waals surface area contributed by atoms with Crippen molar-refractivity contribution >= 4 is 21.7 Å². The van der Waals surface area contributed by atoms with Crippen LogP contribution in [0.5, 0.6) is 0 Å². The Morgan fingerprint density at radius 2 is 1.94 bits per heavy atom. The van der Waals surface area contributed by atoms with Gasteiger partial charge < -0.3 is 10.4 Å². The van der Waals surface area contributed by atoms with Gasteiger partial charge in [0.15, 0.2) is 0 Å². The molecule has 0 aliphatic carbocycles. The van der Waals surface area contributed by atoms with E-state index in [4.69, 9.17) is 10.2 Å². The lowest BCUT2D eigenvalue weighted by molar-refractivity contribution is -0.140. The van der Waals surface area contributed by atoms with Gasteiger partial charge in [-0.25, -0.2) is 13.6 Å².